The Kier molecular flexibility index (Phi) is 4.62. The summed E-state index contributed by atoms with van der Waals surface area (Å²) in [5.74, 6) is 0.214. The van der Waals surface area contributed by atoms with Crippen molar-refractivity contribution in [2.45, 2.75) is 25.2 Å². The van der Waals surface area contributed by atoms with Crippen LogP contribution in [0.2, 0.25) is 29.7 Å². The maximum Gasteiger partial charge on any atom is 0.265 e. The van der Waals surface area contributed by atoms with E-state index in [0.29, 0.717) is 32.6 Å². The topological polar surface area (TPSA) is 47.6 Å². The summed E-state index contributed by atoms with van der Waals surface area (Å²) >= 11 is 12.8. The molecule has 0 spiro atoms. The largest absolute Gasteiger partial charge is 0.495 e. The van der Waals surface area contributed by atoms with Gasteiger partial charge in [0.25, 0.3) is 5.91 Å². The lowest BCUT2D eigenvalue weighted by molar-refractivity contribution is -0.128. The molecule has 1 N–H and O–H groups in total. The molecule has 25 heavy (non-hydrogen) atoms. The van der Waals surface area contributed by atoms with E-state index in [4.69, 9.17) is 32.4 Å². The van der Waals surface area contributed by atoms with Gasteiger partial charge in [0.2, 0.25) is 0 Å². The summed E-state index contributed by atoms with van der Waals surface area (Å²) in [7, 11) is -0.612. The summed E-state index contributed by atoms with van der Waals surface area (Å²) < 4.78 is 11.7. The number of carbonyl (C=O) groups is 1. The summed E-state index contributed by atoms with van der Waals surface area (Å²) in [5, 5.41) is 3.78. The number of fused-ring (bicyclic) bond motifs is 1. The van der Waals surface area contributed by atoms with Crippen LogP contribution in [0, 0.1) is 0 Å². The zero-order chi connectivity index (χ0) is 18.4. The van der Waals surface area contributed by atoms with Crippen molar-refractivity contribution in [2.75, 3.05) is 12.4 Å². The first kappa shape index (κ1) is 18.3. The van der Waals surface area contributed by atoms with Gasteiger partial charge >= 0.3 is 0 Å². The molecule has 132 valence electrons. The van der Waals surface area contributed by atoms with Crippen LogP contribution in [-0.2, 0) is 14.8 Å². The van der Waals surface area contributed by atoms with Gasteiger partial charge in [-0.05, 0) is 31.8 Å². The Morgan fingerprint density at radius 2 is 1.72 bits per heavy atom. The van der Waals surface area contributed by atoms with Crippen LogP contribution in [0.4, 0.5) is 5.69 Å². The fraction of sp³-hybridized carbons (Fsp3) is 0.278. The predicted octanol–water partition coefficient (Wildman–Crippen LogP) is 5.05. The fourth-order valence-electron chi connectivity index (χ4n) is 3.07. The highest BCUT2D eigenvalue weighted by Crippen LogP contribution is 2.49. The molecule has 0 saturated heterocycles. The first-order valence-electron chi connectivity index (χ1n) is 7.83. The minimum absolute atomic E-state index is 0.276. The van der Waals surface area contributed by atoms with Crippen LogP contribution in [0.5, 0.6) is 5.75 Å². The zero-order valence-electron chi connectivity index (χ0n) is 14.4. The van der Waals surface area contributed by atoms with Crippen LogP contribution in [0.1, 0.15) is 11.1 Å². The van der Waals surface area contributed by atoms with Crippen molar-refractivity contribution in [3.8, 4) is 5.75 Å². The van der Waals surface area contributed by atoms with E-state index in [0.717, 1.165) is 0 Å². The number of methoxy groups -OCH3 is 1. The van der Waals surface area contributed by atoms with Crippen LogP contribution < -0.4 is 10.1 Å². The quantitative estimate of drug-likeness (QED) is 0.736. The number of nitrogens with one attached hydrogen (secondary N) is 1. The molecular weight excluding hydrogens is 377 g/mol. The molecule has 0 aromatic heterocycles. The molecule has 0 aliphatic carbocycles. The SMILES string of the molecule is COc1cc2c(cc1Cl)C(O[Si](C)(C)C)(c1ccccc1Cl)C(=O)N2. The number of anilines is 1. The van der Waals surface area contributed by atoms with Gasteiger partial charge in [0.1, 0.15) is 5.75 Å². The number of carbonyl (C=O) groups excluding carboxylic acids is 1. The van der Waals surface area contributed by atoms with E-state index in [2.05, 4.69) is 5.32 Å². The van der Waals surface area contributed by atoms with Gasteiger partial charge in [-0.2, -0.15) is 0 Å². The van der Waals surface area contributed by atoms with Crippen LogP contribution in [0.25, 0.3) is 0 Å². The molecule has 0 radical (unpaired) electrons. The fourth-order valence-corrected chi connectivity index (χ4v) is 4.81. The summed E-state index contributed by atoms with van der Waals surface area (Å²) in [6.07, 6.45) is 0. The molecule has 1 amide bonds. The first-order valence-corrected chi connectivity index (χ1v) is 12.0. The van der Waals surface area contributed by atoms with Crippen molar-refractivity contribution in [2.24, 2.45) is 0 Å². The van der Waals surface area contributed by atoms with Crippen molar-refractivity contribution in [3.63, 3.8) is 0 Å². The number of ether oxygens (including phenoxy) is 1. The summed E-state index contributed by atoms with van der Waals surface area (Å²) in [5.41, 5.74) is 0.549. The van der Waals surface area contributed by atoms with Crippen LogP contribution in [0.3, 0.4) is 0 Å². The number of rotatable bonds is 4. The van der Waals surface area contributed by atoms with Gasteiger partial charge in [0.15, 0.2) is 13.9 Å². The molecule has 0 fully saturated rings. The van der Waals surface area contributed by atoms with Crippen molar-refractivity contribution in [1.29, 1.82) is 0 Å². The molecule has 1 aliphatic rings. The van der Waals surface area contributed by atoms with Gasteiger partial charge in [-0.15, -0.1) is 0 Å². The lowest BCUT2D eigenvalue weighted by Crippen LogP contribution is -2.46. The van der Waals surface area contributed by atoms with E-state index in [1.54, 1.807) is 18.2 Å². The highest BCUT2D eigenvalue weighted by molar-refractivity contribution is 6.70. The number of halogens is 2. The zero-order valence-corrected chi connectivity index (χ0v) is 17.0. The van der Waals surface area contributed by atoms with E-state index < -0.39 is 13.9 Å². The third kappa shape index (κ3) is 3.06. The Morgan fingerprint density at radius 3 is 2.32 bits per heavy atom. The maximum atomic E-state index is 13.1. The van der Waals surface area contributed by atoms with Crippen LogP contribution in [0.15, 0.2) is 36.4 Å². The van der Waals surface area contributed by atoms with E-state index in [9.17, 15) is 4.79 Å². The molecule has 4 nitrogen and oxygen atoms in total. The molecule has 1 atom stereocenters. The van der Waals surface area contributed by atoms with Crippen molar-refractivity contribution in [1.82, 2.24) is 0 Å². The highest BCUT2D eigenvalue weighted by atomic mass is 35.5. The van der Waals surface area contributed by atoms with Gasteiger partial charge < -0.3 is 14.5 Å². The van der Waals surface area contributed by atoms with Crippen molar-refractivity contribution >= 4 is 43.1 Å². The van der Waals surface area contributed by atoms with Gasteiger partial charge in [-0.1, -0.05) is 41.4 Å². The Morgan fingerprint density at radius 1 is 1.04 bits per heavy atom. The average molecular weight is 396 g/mol. The standard InChI is InChI=1S/C18H19Cl2NO3Si/c1-23-16-10-15-12(9-14(16)20)18(17(22)21-15,24-25(2,3)4)11-7-5-6-8-13(11)19/h5-10H,1-4H3,(H,21,22). The summed E-state index contributed by atoms with van der Waals surface area (Å²) in [6, 6.07) is 10.7. The predicted molar refractivity (Wildman–Crippen MR) is 103 cm³/mol. The summed E-state index contributed by atoms with van der Waals surface area (Å²) in [4.78, 5) is 13.1. The number of amides is 1. The maximum absolute atomic E-state index is 13.1. The molecule has 0 bridgehead atoms. The van der Waals surface area contributed by atoms with E-state index in [1.807, 2.05) is 37.8 Å². The van der Waals surface area contributed by atoms with Crippen LogP contribution in [-0.4, -0.2) is 21.3 Å². The minimum Gasteiger partial charge on any atom is -0.495 e. The first-order chi connectivity index (χ1) is 11.7. The highest BCUT2D eigenvalue weighted by Gasteiger charge is 2.53. The normalized spacial score (nSPS) is 19.5. The monoisotopic (exact) mass is 395 g/mol. The molecular formula is C18H19Cl2NO3Si. The molecule has 1 heterocycles. The van der Waals surface area contributed by atoms with Crippen LogP contribution >= 0.6 is 23.2 Å². The third-order valence-electron chi connectivity index (χ3n) is 3.95. The molecule has 7 heteroatoms. The number of benzene rings is 2. The van der Waals surface area contributed by atoms with Gasteiger partial charge in [-0.3, -0.25) is 4.79 Å². The Bertz CT molecular complexity index is 851. The molecule has 2 aromatic rings. The van der Waals surface area contributed by atoms with Gasteiger partial charge in [0.05, 0.1) is 17.8 Å². The Balaban J connectivity index is 2.33. The second-order valence-electron chi connectivity index (χ2n) is 6.86. The van der Waals surface area contributed by atoms with E-state index >= 15 is 0 Å². The van der Waals surface area contributed by atoms with E-state index in [-0.39, 0.29) is 5.91 Å². The average Bonchev–Trinajstić information content (AvgIpc) is 2.78. The minimum atomic E-state index is -2.14. The molecule has 0 saturated carbocycles. The summed E-state index contributed by atoms with van der Waals surface area (Å²) in [6.45, 7) is 6.09. The van der Waals surface area contributed by atoms with Gasteiger partial charge in [0, 0.05) is 22.2 Å². The van der Waals surface area contributed by atoms with Crippen molar-refractivity contribution < 1.29 is 14.0 Å². The molecule has 1 unspecified atom stereocenters. The molecule has 3 rings (SSSR count). The smallest absolute Gasteiger partial charge is 0.265 e. The Hall–Kier alpha value is -1.53. The Labute approximate surface area is 158 Å². The number of hydrogen-bond donors (Lipinski definition) is 1. The molecule has 2 aromatic carbocycles. The van der Waals surface area contributed by atoms with Gasteiger partial charge in [-0.25, -0.2) is 0 Å². The lowest BCUT2D eigenvalue weighted by atomic mass is 9.87. The lowest BCUT2D eigenvalue weighted by Gasteiger charge is -2.35. The van der Waals surface area contributed by atoms with Crippen molar-refractivity contribution in [3.05, 3.63) is 57.6 Å². The second-order valence-corrected chi connectivity index (χ2v) is 12.1. The third-order valence-corrected chi connectivity index (χ3v) is 5.50. The number of hydrogen-bond acceptors (Lipinski definition) is 3. The second kappa shape index (κ2) is 6.32. The van der Waals surface area contributed by atoms with E-state index in [1.165, 1.54) is 7.11 Å². The molecule has 1 aliphatic heterocycles.